The first-order valence-corrected chi connectivity index (χ1v) is 7.37. The summed E-state index contributed by atoms with van der Waals surface area (Å²) in [5.74, 6) is -1.90. The van der Waals surface area contributed by atoms with E-state index in [1.54, 1.807) is 0 Å². The summed E-state index contributed by atoms with van der Waals surface area (Å²) in [4.78, 5) is 10.4. The van der Waals surface area contributed by atoms with E-state index in [0.717, 1.165) is 6.07 Å². The van der Waals surface area contributed by atoms with Crippen molar-refractivity contribution < 1.29 is 31.5 Å². The van der Waals surface area contributed by atoms with Crippen molar-refractivity contribution in [2.75, 3.05) is 0 Å². The van der Waals surface area contributed by atoms with E-state index in [-0.39, 0.29) is 9.37 Å². The third-order valence-electron chi connectivity index (χ3n) is 2.16. The van der Waals surface area contributed by atoms with Gasteiger partial charge in [0.25, 0.3) is 0 Å². The molecule has 5 nitrogen and oxygen atoms in total. The highest BCUT2D eigenvalue weighted by Crippen LogP contribution is 2.25. The van der Waals surface area contributed by atoms with E-state index in [0.29, 0.717) is 0 Å². The monoisotopic (exact) mass is 375 g/mol. The van der Waals surface area contributed by atoms with Crippen LogP contribution in [0.25, 0.3) is 0 Å². The molecule has 0 aliphatic rings. The largest absolute Gasteiger partial charge is 0.480 e. The summed E-state index contributed by atoms with van der Waals surface area (Å²) >= 11 is 2.93. The second-order valence-corrected chi connectivity index (χ2v) is 6.30. The van der Waals surface area contributed by atoms with Crippen molar-refractivity contribution in [1.29, 1.82) is 0 Å². The smallest absolute Gasteiger partial charge is 0.391 e. The topological polar surface area (TPSA) is 83.5 Å². The molecule has 0 spiro atoms. The van der Waals surface area contributed by atoms with Crippen LogP contribution in [0.5, 0.6) is 0 Å². The summed E-state index contributed by atoms with van der Waals surface area (Å²) in [5, 5.41) is 8.68. The van der Waals surface area contributed by atoms with Gasteiger partial charge in [0, 0.05) is 4.47 Å². The van der Waals surface area contributed by atoms with Gasteiger partial charge in [-0.05, 0) is 28.1 Å². The van der Waals surface area contributed by atoms with E-state index in [4.69, 9.17) is 5.11 Å². The molecule has 0 amide bonds. The lowest BCUT2D eigenvalue weighted by Crippen LogP contribution is -2.43. The minimum Gasteiger partial charge on any atom is -0.480 e. The first kappa shape index (κ1) is 16.9. The summed E-state index contributed by atoms with van der Waals surface area (Å²) in [6, 6.07) is 3.09. The number of carbonyl (C=O) groups is 1. The SMILES string of the molecule is O=C(O)C(CC(F)(F)F)NS(=O)(=O)c1ccccc1Br. The van der Waals surface area contributed by atoms with Gasteiger partial charge in [-0.3, -0.25) is 4.79 Å². The normalized spacial score (nSPS) is 14.0. The predicted molar refractivity (Wildman–Crippen MR) is 66.6 cm³/mol. The molecular formula is C10H9BrF3NO4S. The quantitative estimate of drug-likeness (QED) is 0.825. The Hall–Kier alpha value is -1.13. The summed E-state index contributed by atoms with van der Waals surface area (Å²) in [5.41, 5.74) is 0. The minimum atomic E-state index is -4.81. The molecule has 1 aromatic rings. The van der Waals surface area contributed by atoms with Crippen molar-refractivity contribution in [2.24, 2.45) is 0 Å². The molecule has 2 N–H and O–H groups in total. The van der Waals surface area contributed by atoms with Gasteiger partial charge in [0.05, 0.1) is 11.3 Å². The van der Waals surface area contributed by atoms with Crippen LogP contribution in [0.4, 0.5) is 13.2 Å². The molecule has 0 aliphatic carbocycles. The van der Waals surface area contributed by atoms with Gasteiger partial charge >= 0.3 is 12.1 Å². The number of sulfonamides is 1. The zero-order valence-corrected chi connectivity index (χ0v) is 12.1. The third-order valence-corrected chi connectivity index (χ3v) is 4.64. The van der Waals surface area contributed by atoms with Crippen molar-refractivity contribution in [3.05, 3.63) is 28.7 Å². The molecule has 0 bridgehead atoms. The van der Waals surface area contributed by atoms with Crippen LogP contribution in [-0.4, -0.2) is 31.7 Å². The highest BCUT2D eigenvalue weighted by atomic mass is 79.9. The molecule has 112 valence electrons. The number of halogens is 4. The Bertz CT molecular complexity index is 603. The summed E-state index contributed by atoms with van der Waals surface area (Å²) in [6.07, 6.45) is -6.61. The first-order valence-electron chi connectivity index (χ1n) is 5.09. The van der Waals surface area contributed by atoms with Gasteiger partial charge in [0.15, 0.2) is 0 Å². The third kappa shape index (κ3) is 4.76. The van der Waals surface area contributed by atoms with E-state index in [1.165, 1.54) is 22.9 Å². The molecule has 0 fully saturated rings. The molecule has 0 radical (unpaired) electrons. The molecule has 10 heteroatoms. The zero-order valence-electron chi connectivity index (χ0n) is 9.69. The molecule has 20 heavy (non-hydrogen) atoms. The average Bonchev–Trinajstić information content (AvgIpc) is 2.26. The van der Waals surface area contributed by atoms with Crippen LogP contribution in [0.1, 0.15) is 6.42 Å². The standard InChI is InChI=1S/C10H9BrF3NO4S/c11-6-3-1-2-4-8(6)20(18,19)15-7(9(16)17)5-10(12,13)14/h1-4,7,15H,5H2,(H,16,17). The first-order chi connectivity index (χ1) is 9.03. The van der Waals surface area contributed by atoms with Gasteiger partial charge in [0.2, 0.25) is 10.0 Å². The van der Waals surface area contributed by atoms with Crippen molar-refractivity contribution in [1.82, 2.24) is 4.72 Å². The number of nitrogens with one attached hydrogen (secondary N) is 1. The van der Waals surface area contributed by atoms with Crippen LogP contribution in [-0.2, 0) is 14.8 Å². The van der Waals surface area contributed by atoms with Crippen molar-refractivity contribution in [2.45, 2.75) is 23.5 Å². The van der Waals surface area contributed by atoms with Crippen molar-refractivity contribution >= 4 is 31.9 Å². The molecule has 0 aliphatic heterocycles. The van der Waals surface area contributed by atoms with Crippen molar-refractivity contribution in [3.8, 4) is 0 Å². The molecule has 0 aromatic heterocycles. The maximum absolute atomic E-state index is 12.2. The van der Waals surface area contributed by atoms with Crippen LogP contribution >= 0.6 is 15.9 Å². The zero-order chi connectivity index (χ0) is 15.6. The lowest BCUT2D eigenvalue weighted by molar-refractivity contribution is -0.157. The average molecular weight is 376 g/mol. The van der Waals surface area contributed by atoms with E-state index >= 15 is 0 Å². The molecule has 1 atom stereocenters. The Morgan fingerprint density at radius 3 is 2.35 bits per heavy atom. The number of aliphatic carboxylic acids is 1. The molecule has 0 saturated carbocycles. The Balaban J connectivity index is 3.05. The van der Waals surface area contributed by atoms with E-state index in [2.05, 4.69) is 15.9 Å². The van der Waals surface area contributed by atoms with E-state index in [9.17, 15) is 26.4 Å². The molecule has 1 unspecified atom stereocenters. The van der Waals surface area contributed by atoms with Crippen LogP contribution in [0.3, 0.4) is 0 Å². The number of rotatable bonds is 5. The van der Waals surface area contributed by atoms with Crippen LogP contribution in [0.15, 0.2) is 33.6 Å². The number of carboxylic acids is 1. The Kier molecular flexibility index (Phi) is 5.16. The highest BCUT2D eigenvalue weighted by Gasteiger charge is 2.38. The lowest BCUT2D eigenvalue weighted by atomic mass is 10.2. The molecular weight excluding hydrogens is 367 g/mol. The van der Waals surface area contributed by atoms with Gasteiger partial charge < -0.3 is 5.11 Å². The van der Waals surface area contributed by atoms with Crippen molar-refractivity contribution in [3.63, 3.8) is 0 Å². The highest BCUT2D eigenvalue weighted by molar-refractivity contribution is 9.10. The van der Waals surface area contributed by atoms with Crippen LogP contribution in [0.2, 0.25) is 0 Å². The maximum Gasteiger partial charge on any atom is 0.391 e. The van der Waals surface area contributed by atoms with E-state index < -0.39 is 34.6 Å². The molecule has 1 rings (SSSR count). The summed E-state index contributed by atoms with van der Waals surface area (Å²) in [6.45, 7) is 0. The number of hydrogen-bond acceptors (Lipinski definition) is 3. The maximum atomic E-state index is 12.2. The second-order valence-electron chi connectivity index (χ2n) is 3.76. The fourth-order valence-corrected chi connectivity index (χ4v) is 3.52. The summed E-state index contributed by atoms with van der Waals surface area (Å²) in [7, 11) is -4.39. The number of hydrogen-bond donors (Lipinski definition) is 2. The van der Waals surface area contributed by atoms with Gasteiger partial charge in [-0.15, -0.1) is 0 Å². The number of benzene rings is 1. The molecule has 1 aromatic carbocycles. The Labute approximate surface area is 121 Å². The Morgan fingerprint density at radius 1 is 1.35 bits per heavy atom. The lowest BCUT2D eigenvalue weighted by Gasteiger charge is -2.16. The minimum absolute atomic E-state index is 0.114. The fourth-order valence-electron chi connectivity index (χ4n) is 1.32. The van der Waals surface area contributed by atoms with Gasteiger partial charge in [-0.2, -0.15) is 17.9 Å². The second kappa shape index (κ2) is 6.10. The van der Waals surface area contributed by atoms with E-state index in [1.807, 2.05) is 0 Å². The fraction of sp³-hybridized carbons (Fsp3) is 0.300. The van der Waals surface area contributed by atoms with Gasteiger partial charge in [-0.25, -0.2) is 8.42 Å². The number of carboxylic acid groups (broad SMARTS) is 1. The Morgan fingerprint density at radius 2 is 1.90 bits per heavy atom. The summed E-state index contributed by atoms with van der Waals surface area (Å²) < 4.78 is 62.1. The molecule has 0 heterocycles. The van der Waals surface area contributed by atoms with Gasteiger partial charge in [0.1, 0.15) is 6.04 Å². The van der Waals surface area contributed by atoms with Crippen LogP contribution in [0, 0.1) is 0 Å². The number of alkyl halides is 3. The molecule has 0 saturated heterocycles. The van der Waals surface area contributed by atoms with Gasteiger partial charge in [-0.1, -0.05) is 12.1 Å². The van der Waals surface area contributed by atoms with Crippen LogP contribution < -0.4 is 4.72 Å². The predicted octanol–water partition coefficient (Wildman–Crippen LogP) is 2.13.